The van der Waals surface area contributed by atoms with E-state index in [1.54, 1.807) is 0 Å². The summed E-state index contributed by atoms with van der Waals surface area (Å²) >= 11 is 0. The van der Waals surface area contributed by atoms with E-state index >= 15 is 0 Å². The zero-order valence-corrected chi connectivity index (χ0v) is 8.78. The lowest BCUT2D eigenvalue weighted by atomic mass is 10.2. The van der Waals surface area contributed by atoms with Gasteiger partial charge in [0, 0.05) is 6.07 Å². The molecule has 0 aliphatic carbocycles. The number of ether oxygens (including phenoxy) is 2. The lowest BCUT2D eigenvalue weighted by Gasteiger charge is -2.19. The summed E-state index contributed by atoms with van der Waals surface area (Å²) in [6.45, 7) is 0. The van der Waals surface area contributed by atoms with Gasteiger partial charge in [-0.3, -0.25) is 19.7 Å². The first-order valence-electron chi connectivity index (χ1n) is 4.63. The summed E-state index contributed by atoms with van der Waals surface area (Å²) in [5, 5.41) is 10.6. The molecule has 1 aromatic rings. The maximum atomic E-state index is 11.2. The summed E-state index contributed by atoms with van der Waals surface area (Å²) in [4.78, 5) is 32.3. The van der Waals surface area contributed by atoms with E-state index in [-0.39, 0.29) is 17.2 Å². The Morgan fingerprint density at radius 2 is 1.72 bits per heavy atom. The van der Waals surface area contributed by atoms with Gasteiger partial charge in [0.05, 0.1) is 11.0 Å². The van der Waals surface area contributed by atoms with Crippen molar-refractivity contribution in [2.75, 3.05) is 0 Å². The Bertz CT molecular complexity index is 555. The summed E-state index contributed by atoms with van der Waals surface area (Å²) in [6.07, 6.45) is 0. The molecule has 2 rings (SSSR count). The zero-order valence-electron chi connectivity index (χ0n) is 8.78. The fourth-order valence-electron chi connectivity index (χ4n) is 1.43. The largest absolute Gasteiger partial charge is 0.433 e. The highest BCUT2D eigenvalue weighted by Gasteiger charge is 2.54. The van der Waals surface area contributed by atoms with Crippen molar-refractivity contribution in [3.05, 3.63) is 28.3 Å². The van der Waals surface area contributed by atoms with Crippen molar-refractivity contribution in [2.24, 2.45) is 11.5 Å². The third kappa shape index (κ3) is 1.49. The molecule has 0 bridgehead atoms. The molecule has 9 nitrogen and oxygen atoms in total. The van der Waals surface area contributed by atoms with Crippen LogP contribution in [0, 0.1) is 10.1 Å². The highest BCUT2D eigenvalue weighted by molar-refractivity contribution is 6.06. The van der Waals surface area contributed by atoms with Gasteiger partial charge in [0.25, 0.3) is 5.69 Å². The van der Waals surface area contributed by atoms with Gasteiger partial charge < -0.3 is 20.9 Å². The molecule has 0 spiro atoms. The highest BCUT2D eigenvalue weighted by atomic mass is 16.7. The van der Waals surface area contributed by atoms with E-state index in [2.05, 4.69) is 0 Å². The van der Waals surface area contributed by atoms with Crippen molar-refractivity contribution in [3.8, 4) is 11.5 Å². The predicted octanol–water partition coefficient (Wildman–Crippen LogP) is -0.967. The summed E-state index contributed by atoms with van der Waals surface area (Å²) in [5.74, 6) is -5.12. The quantitative estimate of drug-likeness (QED) is 0.402. The van der Waals surface area contributed by atoms with Crippen LogP contribution >= 0.6 is 0 Å². The first-order chi connectivity index (χ1) is 8.36. The van der Waals surface area contributed by atoms with Gasteiger partial charge in [-0.05, 0) is 6.07 Å². The Labute approximate surface area is 99.4 Å². The number of nitro benzene ring substituents is 1. The SMILES string of the molecule is NC(=O)C1(C(N)=O)Oc2ccc([N+](=O)[O-])cc2O1. The van der Waals surface area contributed by atoms with Gasteiger partial charge in [-0.2, -0.15) is 0 Å². The van der Waals surface area contributed by atoms with Gasteiger partial charge in [0.15, 0.2) is 11.5 Å². The number of rotatable bonds is 3. The van der Waals surface area contributed by atoms with Crippen LogP contribution < -0.4 is 20.9 Å². The Balaban J connectivity index is 2.46. The van der Waals surface area contributed by atoms with Gasteiger partial charge in [0.1, 0.15) is 0 Å². The van der Waals surface area contributed by atoms with Crippen LogP contribution in [0.15, 0.2) is 18.2 Å². The van der Waals surface area contributed by atoms with E-state index in [1.807, 2.05) is 0 Å². The minimum absolute atomic E-state index is 0.0294. The second kappa shape index (κ2) is 3.58. The number of benzene rings is 1. The van der Waals surface area contributed by atoms with Gasteiger partial charge in [-0.25, -0.2) is 0 Å². The Morgan fingerprint density at radius 1 is 1.17 bits per heavy atom. The summed E-state index contributed by atoms with van der Waals surface area (Å²) < 4.78 is 9.89. The average Bonchev–Trinajstić information content (AvgIpc) is 2.68. The molecule has 4 N–H and O–H groups in total. The van der Waals surface area contributed by atoms with Crippen molar-refractivity contribution < 1.29 is 24.0 Å². The molecule has 0 aromatic heterocycles. The number of nitrogens with zero attached hydrogens (tertiary/aromatic N) is 1. The van der Waals surface area contributed by atoms with Gasteiger partial charge in [-0.15, -0.1) is 0 Å². The molecular formula is C9H7N3O6. The molecule has 0 radical (unpaired) electrons. The first-order valence-corrected chi connectivity index (χ1v) is 4.63. The van der Waals surface area contributed by atoms with E-state index in [0.717, 1.165) is 12.1 Å². The Hall–Kier alpha value is -2.84. The third-order valence-electron chi connectivity index (χ3n) is 2.29. The number of fused-ring (bicyclic) bond motifs is 1. The summed E-state index contributed by atoms with van der Waals surface area (Å²) in [5.41, 5.74) is 9.68. The predicted molar refractivity (Wildman–Crippen MR) is 55.5 cm³/mol. The Morgan fingerprint density at radius 3 is 2.22 bits per heavy atom. The smallest absolute Gasteiger partial charge is 0.414 e. The second-order valence-corrected chi connectivity index (χ2v) is 3.44. The minimum atomic E-state index is -2.46. The maximum absolute atomic E-state index is 11.2. The monoisotopic (exact) mass is 253 g/mol. The zero-order chi connectivity index (χ0) is 13.5. The van der Waals surface area contributed by atoms with E-state index in [0.29, 0.717) is 0 Å². The molecule has 0 atom stereocenters. The van der Waals surface area contributed by atoms with E-state index in [1.165, 1.54) is 6.07 Å². The lowest BCUT2D eigenvalue weighted by molar-refractivity contribution is -0.384. The maximum Gasteiger partial charge on any atom is 0.414 e. The van der Waals surface area contributed by atoms with Crippen LogP contribution in [0.4, 0.5) is 5.69 Å². The summed E-state index contributed by atoms with van der Waals surface area (Å²) in [6, 6.07) is 3.31. The number of carbonyl (C=O) groups excluding carboxylic acids is 2. The van der Waals surface area contributed by atoms with E-state index in [4.69, 9.17) is 20.9 Å². The number of hydrogen-bond acceptors (Lipinski definition) is 6. The van der Waals surface area contributed by atoms with E-state index < -0.39 is 22.5 Å². The molecule has 0 saturated heterocycles. The highest BCUT2D eigenvalue weighted by Crippen LogP contribution is 2.41. The van der Waals surface area contributed by atoms with Gasteiger partial charge >= 0.3 is 17.6 Å². The number of nitrogens with two attached hydrogens (primary N) is 2. The Kier molecular flexibility index (Phi) is 2.32. The van der Waals surface area contributed by atoms with Crippen LogP contribution in [0.5, 0.6) is 11.5 Å². The molecule has 1 heterocycles. The third-order valence-corrected chi connectivity index (χ3v) is 2.29. The second-order valence-electron chi connectivity index (χ2n) is 3.44. The molecule has 94 valence electrons. The summed E-state index contributed by atoms with van der Waals surface area (Å²) in [7, 11) is 0. The number of hydrogen-bond donors (Lipinski definition) is 2. The van der Waals surface area contributed by atoms with Crippen LogP contribution in [0.3, 0.4) is 0 Å². The minimum Gasteiger partial charge on any atom is -0.433 e. The van der Waals surface area contributed by atoms with Crippen LogP contribution in [0.1, 0.15) is 0 Å². The first kappa shape index (κ1) is 11.6. The molecule has 0 unspecified atom stereocenters. The lowest BCUT2D eigenvalue weighted by Crippen LogP contribution is -2.60. The molecule has 18 heavy (non-hydrogen) atoms. The van der Waals surface area contributed by atoms with Crippen LogP contribution in [0.2, 0.25) is 0 Å². The van der Waals surface area contributed by atoms with E-state index in [9.17, 15) is 19.7 Å². The van der Waals surface area contributed by atoms with Crippen molar-refractivity contribution in [1.82, 2.24) is 0 Å². The molecule has 9 heteroatoms. The van der Waals surface area contributed by atoms with Crippen molar-refractivity contribution in [1.29, 1.82) is 0 Å². The number of primary amides is 2. The van der Waals surface area contributed by atoms with Crippen LogP contribution in [-0.4, -0.2) is 22.5 Å². The van der Waals surface area contributed by atoms with Gasteiger partial charge in [0.2, 0.25) is 0 Å². The number of amides is 2. The van der Waals surface area contributed by atoms with Crippen molar-refractivity contribution >= 4 is 17.5 Å². The topological polar surface area (TPSA) is 148 Å². The number of carbonyl (C=O) groups is 2. The molecule has 1 aliphatic rings. The average molecular weight is 253 g/mol. The van der Waals surface area contributed by atoms with Crippen LogP contribution in [-0.2, 0) is 9.59 Å². The number of non-ortho nitro benzene ring substituents is 1. The van der Waals surface area contributed by atoms with Crippen molar-refractivity contribution in [2.45, 2.75) is 5.79 Å². The normalized spacial score (nSPS) is 15.1. The van der Waals surface area contributed by atoms with Crippen LogP contribution in [0.25, 0.3) is 0 Å². The number of nitro groups is 1. The molecule has 1 aromatic carbocycles. The molecule has 1 aliphatic heterocycles. The molecule has 0 saturated carbocycles. The van der Waals surface area contributed by atoms with Crippen molar-refractivity contribution in [3.63, 3.8) is 0 Å². The fourth-order valence-corrected chi connectivity index (χ4v) is 1.43. The standard InChI is InChI=1S/C9H7N3O6/c10-7(13)9(8(11)14)17-5-2-1-4(12(15)16)3-6(5)18-9/h1-3H,(H2,10,13)(H2,11,14). The molecule has 2 amide bonds. The molecule has 0 fully saturated rings. The van der Waals surface area contributed by atoms with Gasteiger partial charge in [-0.1, -0.05) is 0 Å². The fraction of sp³-hybridized carbons (Fsp3) is 0.111. The molecular weight excluding hydrogens is 246 g/mol.